The molecule has 1 aliphatic rings. The Morgan fingerprint density at radius 2 is 1.80 bits per heavy atom. The molecule has 0 saturated carbocycles. The van der Waals surface area contributed by atoms with Crippen molar-refractivity contribution in [1.82, 2.24) is 9.97 Å². The molecule has 9 heteroatoms. The van der Waals surface area contributed by atoms with Crippen LogP contribution < -0.4 is 31.0 Å². The molecule has 0 saturated heterocycles. The summed E-state index contributed by atoms with van der Waals surface area (Å²) in [4.78, 5) is 20.3. The van der Waals surface area contributed by atoms with E-state index < -0.39 is 5.92 Å². The second-order valence-electron chi connectivity index (χ2n) is 5.46. The molecule has 2 aromatic rings. The van der Waals surface area contributed by atoms with E-state index in [4.69, 9.17) is 25.7 Å². The Morgan fingerprint density at radius 3 is 2.44 bits per heavy atom. The summed E-state index contributed by atoms with van der Waals surface area (Å²) < 4.78 is 16.3. The van der Waals surface area contributed by atoms with Crippen molar-refractivity contribution in [3.05, 3.63) is 23.3 Å². The number of nitrogens with one attached hydrogen (secondary N) is 1. The smallest absolute Gasteiger partial charge is 0.226 e. The van der Waals surface area contributed by atoms with E-state index in [2.05, 4.69) is 15.3 Å². The Bertz CT molecular complexity index is 840. The van der Waals surface area contributed by atoms with E-state index >= 15 is 0 Å². The zero-order chi connectivity index (χ0) is 18.1. The van der Waals surface area contributed by atoms with Crippen LogP contribution in [-0.4, -0.2) is 37.2 Å². The molecule has 0 radical (unpaired) electrons. The number of rotatable bonds is 4. The molecule has 0 fully saturated rings. The van der Waals surface area contributed by atoms with Crippen LogP contribution in [0.1, 0.15) is 23.5 Å². The molecule has 1 atom stereocenters. The highest BCUT2D eigenvalue weighted by molar-refractivity contribution is 5.95. The fraction of sp³-hybridized carbons (Fsp3) is 0.312. The predicted octanol–water partition coefficient (Wildman–Crippen LogP) is 1.14. The first-order valence-corrected chi connectivity index (χ1v) is 7.51. The number of aromatic nitrogens is 2. The summed E-state index contributed by atoms with van der Waals surface area (Å²) in [7, 11) is 4.58. The molecule has 1 amide bonds. The number of hydrogen-bond donors (Lipinski definition) is 3. The Morgan fingerprint density at radius 1 is 1.08 bits per heavy atom. The number of nitrogens with two attached hydrogens (primary N) is 2. The molecule has 3 rings (SSSR count). The molecule has 1 aliphatic heterocycles. The van der Waals surface area contributed by atoms with Crippen LogP contribution in [0.5, 0.6) is 17.2 Å². The first-order valence-electron chi connectivity index (χ1n) is 7.51. The Labute approximate surface area is 144 Å². The maximum Gasteiger partial charge on any atom is 0.226 e. The highest BCUT2D eigenvalue weighted by atomic mass is 16.5. The minimum absolute atomic E-state index is 0.00326. The average molecular weight is 345 g/mol. The van der Waals surface area contributed by atoms with Crippen molar-refractivity contribution in [2.75, 3.05) is 38.1 Å². The lowest BCUT2D eigenvalue weighted by Gasteiger charge is -2.28. The maximum atomic E-state index is 12.2. The van der Waals surface area contributed by atoms with Gasteiger partial charge in [-0.25, -0.2) is 0 Å². The van der Waals surface area contributed by atoms with E-state index in [0.717, 1.165) is 5.56 Å². The minimum Gasteiger partial charge on any atom is -0.493 e. The van der Waals surface area contributed by atoms with E-state index in [9.17, 15) is 4.79 Å². The monoisotopic (exact) mass is 345 g/mol. The lowest BCUT2D eigenvalue weighted by Crippen LogP contribution is -2.27. The van der Waals surface area contributed by atoms with Crippen molar-refractivity contribution in [2.45, 2.75) is 12.3 Å². The Kier molecular flexibility index (Phi) is 4.22. The molecule has 0 unspecified atom stereocenters. The van der Waals surface area contributed by atoms with Crippen molar-refractivity contribution < 1.29 is 19.0 Å². The van der Waals surface area contributed by atoms with Crippen molar-refractivity contribution >= 4 is 23.5 Å². The van der Waals surface area contributed by atoms with Crippen molar-refractivity contribution in [1.29, 1.82) is 0 Å². The molecule has 0 bridgehead atoms. The SMILES string of the molecule is COc1ccc([C@@H]2CC(=O)Nc3nc(N)nc(N)c32)c(OC)c1OC. The Balaban J connectivity index is 2.23. The predicted molar refractivity (Wildman–Crippen MR) is 92.0 cm³/mol. The van der Waals surface area contributed by atoms with E-state index in [0.29, 0.717) is 28.6 Å². The normalized spacial score (nSPS) is 16.0. The van der Waals surface area contributed by atoms with Crippen molar-refractivity contribution in [3.63, 3.8) is 0 Å². The summed E-state index contributed by atoms with van der Waals surface area (Å²) in [6.45, 7) is 0. The molecule has 1 aromatic heterocycles. The van der Waals surface area contributed by atoms with Gasteiger partial charge in [-0.2, -0.15) is 9.97 Å². The van der Waals surface area contributed by atoms with Gasteiger partial charge in [0.25, 0.3) is 0 Å². The number of benzene rings is 1. The molecular weight excluding hydrogens is 326 g/mol. The molecule has 5 N–H and O–H groups in total. The van der Waals surface area contributed by atoms with Gasteiger partial charge in [0.1, 0.15) is 11.6 Å². The molecule has 0 spiro atoms. The van der Waals surface area contributed by atoms with Crippen LogP contribution in [0, 0.1) is 0 Å². The van der Waals surface area contributed by atoms with Gasteiger partial charge in [-0.15, -0.1) is 0 Å². The number of amides is 1. The Hall–Kier alpha value is -3.23. The third-order valence-corrected chi connectivity index (χ3v) is 4.10. The summed E-state index contributed by atoms with van der Waals surface area (Å²) in [5.74, 6) is 1.33. The van der Waals surface area contributed by atoms with Crippen LogP contribution >= 0.6 is 0 Å². The van der Waals surface area contributed by atoms with Crippen LogP contribution in [0.2, 0.25) is 0 Å². The second kappa shape index (κ2) is 6.34. The van der Waals surface area contributed by atoms with Gasteiger partial charge in [0.2, 0.25) is 17.6 Å². The highest BCUT2D eigenvalue weighted by Gasteiger charge is 2.34. The van der Waals surface area contributed by atoms with E-state index in [1.54, 1.807) is 6.07 Å². The van der Waals surface area contributed by atoms with E-state index in [-0.39, 0.29) is 24.1 Å². The average Bonchev–Trinajstić information content (AvgIpc) is 2.58. The summed E-state index contributed by atoms with van der Waals surface area (Å²) in [6, 6.07) is 3.56. The summed E-state index contributed by atoms with van der Waals surface area (Å²) in [5, 5.41) is 2.68. The zero-order valence-electron chi connectivity index (χ0n) is 14.1. The third kappa shape index (κ3) is 2.73. The number of nitrogen functional groups attached to an aromatic ring is 2. The number of ether oxygens (including phenoxy) is 3. The van der Waals surface area contributed by atoms with Crippen LogP contribution in [0.3, 0.4) is 0 Å². The number of carbonyl (C=O) groups excluding carboxylic acids is 1. The van der Waals surface area contributed by atoms with Crippen LogP contribution in [0.25, 0.3) is 0 Å². The molecule has 1 aromatic carbocycles. The largest absolute Gasteiger partial charge is 0.493 e. The summed E-state index contributed by atoms with van der Waals surface area (Å²) >= 11 is 0. The van der Waals surface area contributed by atoms with Gasteiger partial charge in [0.15, 0.2) is 11.5 Å². The molecule has 25 heavy (non-hydrogen) atoms. The number of methoxy groups -OCH3 is 3. The van der Waals surface area contributed by atoms with E-state index in [1.165, 1.54) is 21.3 Å². The van der Waals surface area contributed by atoms with Crippen LogP contribution in [0.15, 0.2) is 12.1 Å². The van der Waals surface area contributed by atoms with Gasteiger partial charge < -0.3 is 31.0 Å². The van der Waals surface area contributed by atoms with Gasteiger partial charge in [0.05, 0.1) is 21.3 Å². The highest BCUT2D eigenvalue weighted by Crippen LogP contribution is 2.48. The van der Waals surface area contributed by atoms with Gasteiger partial charge in [0, 0.05) is 23.5 Å². The molecule has 2 heterocycles. The molecular formula is C16H19N5O4. The standard InChI is InChI=1S/C16H19N5O4/c1-23-9-5-4-7(12(24-2)13(9)25-3)8-6-10(22)19-15-11(8)14(17)20-16(18)21-15/h4-5,8H,6H2,1-3H3,(H5,17,18,19,20,21,22)/t8-/m0/s1. The summed E-state index contributed by atoms with van der Waals surface area (Å²) in [6.07, 6.45) is 0.163. The topological polar surface area (TPSA) is 135 Å². The molecule has 9 nitrogen and oxygen atoms in total. The van der Waals surface area contributed by atoms with Gasteiger partial charge in [-0.05, 0) is 6.07 Å². The van der Waals surface area contributed by atoms with Crippen molar-refractivity contribution in [3.8, 4) is 17.2 Å². The van der Waals surface area contributed by atoms with E-state index in [1.807, 2.05) is 6.07 Å². The summed E-state index contributed by atoms with van der Waals surface area (Å²) in [5.41, 5.74) is 13.0. The van der Waals surface area contributed by atoms with Gasteiger partial charge in [-0.1, -0.05) is 6.07 Å². The van der Waals surface area contributed by atoms with Gasteiger partial charge >= 0.3 is 0 Å². The number of fused-ring (bicyclic) bond motifs is 1. The van der Waals surface area contributed by atoms with Gasteiger partial charge in [-0.3, -0.25) is 4.79 Å². The van der Waals surface area contributed by atoms with Crippen molar-refractivity contribution in [2.24, 2.45) is 0 Å². The second-order valence-corrected chi connectivity index (χ2v) is 5.46. The number of anilines is 3. The minimum atomic E-state index is -0.404. The maximum absolute atomic E-state index is 12.2. The zero-order valence-corrected chi connectivity index (χ0v) is 14.1. The molecule has 132 valence electrons. The lowest BCUT2D eigenvalue weighted by atomic mass is 9.85. The number of hydrogen-bond acceptors (Lipinski definition) is 8. The van der Waals surface area contributed by atoms with Crippen LogP contribution in [0.4, 0.5) is 17.6 Å². The fourth-order valence-electron chi connectivity index (χ4n) is 3.08. The lowest BCUT2D eigenvalue weighted by molar-refractivity contribution is -0.116. The molecule has 0 aliphatic carbocycles. The fourth-order valence-corrected chi connectivity index (χ4v) is 3.08. The third-order valence-electron chi connectivity index (χ3n) is 4.10. The first-order chi connectivity index (χ1) is 12.0. The first kappa shape index (κ1) is 16.6. The quantitative estimate of drug-likeness (QED) is 0.751. The number of carbonyl (C=O) groups is 1. The van der Waals surface area contributed by atoms with Crippen LogP contribution in [-0.2, 0) is 4.79 Å². The number of nitrogens with zero attached hydrogens (tertiary/aromatic N) is 2.